The molecule has 0 radical (unpaired) electrons. The van der Waals surface area contributed by atoms with Gasteiger partial charge in [-0.2, -0.15) is 8.78 Å². The molecule has 5 rings (SSSR count). The van der Waals surface area contributed by atoms with Gasteiger partial charge in [0, 0.05) is 11.1 Å². The lowest BCUT2D eigenvalue weighted by molar-refractivity contribution is -0.322. The first-order valence-electron chi connectivity index (χ1n) is 14.2. The van der Waals surface area contributed by atoms with Gasteiger partial charge in [0.05, 0.1) is 13.2 Å². The molecule has 0 bridgehead atoms. The second kappa shape index (κ2) is 13.5. The summed E-state index contributed by atoms with van der Waals surface area (Å²) in [6, 6.07) is 16.0. The minimum Gasteiger partial charge on any atom is -0.346 e. The van der Waals surface area contributed by atoms with E-state index in [2.05, 4.69) is 11.7 Å². The molecule has 1 saturated heterocycles. The first-order valence-corrected chi connectivity index (χ1v) is 14.2. The Hall–Kier alpha value is -3.73. The van der Waals surface area contributed by atoms with Gasteiger partial charge in [-0.25, -0.2) is 22.0 Å². The minimum absolute atomic E-state index is 0.109. The van der Waals surface area contributed by atoms with Crippen molar-refractivity contribution in [2.24, 2.45) is 0 Å². The van der Waals surface area contributed by atoms with Crippen LogP contribution in [0.5, 0.6) is 0 Å². The predicted octanol–water partition coefficient (Wildman–Crippen LogP) is 9.63. The van der Waals surface area contributed by atoms with Crippen molar-refractivity contribution in [3.8, 4) is 22.3 Å². The number of benzene rings is 4. The number of alkyl halides is 2. The summed E-state index contributed by atoms with van der Waals surface area (Å²) in [5.74, 6) is -6.28. The maximum atomic E-state index is 15.1. The molecule has 0 amide bonds. The van der Waals surface area contributed by atoms with Crippen LogP contribution in [-0.2, 0) is 26.7 Å². The fraction of sp³-hybridized carbons (Fsp3) is 0.294. The van der Waals surface area contributed by atoms with Crippen molar-refractivity contribution in [2.45, 2.75) is 51.1 Å². The second-order valence-corrected chi connectivity index (χ2v) is 10.6. The second-order valence-electron chi connectivity index (χ2n) is 10.6. The maximum Gasteiger partial charge on any atom is 0.389 e. The molecule has 4 aromatic carbocycles. The van der Waals surface area contributed by atoms with Crippen LogP contribution < -0.4 is 0 Å². The highest BCUT2D eigenvalue weighted by Gasteiger charge is 2.43. The summed E-state index contributed by atoms with van der Waals surface area (Å²) in [6.07, 6.45) is -2.78. The average Bonchev–Trinajstić information content (AvgIpc) is 2.98. The van der Waals surface area contributed by atoms with E-state index < -0.39 is 66.4 Å². The Morgan fingerprint density at radius 3 is 1.93 bits per heavy atom. The number of ether oxygens (including phenoxy) is 3. The lowest BCUT2D eigenvalue weighted by Crippen LogP contribution is -2.38. The Balaban J connectivity index is 1.27. The lowest BCUT2D eigenvalue weighted by Gasteiger charge is -2.32. The number of unbranched alkanes of at least 4 members (excludes halogenated alkanes) is 2. The van der Waals surface area contributed by atoms with E-state index in [1.165, 1.54) is 23.8 Å². The highest BCUT2D eigenvalue weighted by molar-refractivity contribution is 5.71. The number of hydrogen-bond acceptors (Lipinski definition) is 3. The Morgan fingerprint density at radius 2 is 1.32 bits per heavy atom. The Morgan fingerprint density at radius 1 is 0.682 bits per heavy atom. The van der Waals surface area contributed by atoms with Gasteiger partial charge in [0.1, 0.15) is 29.1 Å². The topological polar surface area (TPSA) is 27.7 Å². The molecule has 1 aliphatic rings. The molecule has 232 valence electrons. The van der Waals surface area contributed by atoms with Crippen molar-refractivity contribution in [2.75, 3.05) is 13.2 Å². The Kier molecular flexibility index (Phi) is 9.72. The molecular weight excluding hydrogens is 589 g/mol. The third-order valence-corrected chi connectivity index (χ3v) is 7.37. The van der Waals surface area contributed by atoms with Crippen molar-refractivity contribution >= 4 is 0 Å². The van der Waals surface area contributed by atoms with Crippen LogP contribution in [0.3, 0.4) is 0 Å². The minimum atomic E-state index is -4.44. The number of rotatable bonds is 10. The van der Waals surface area contributed by atoms with Crippen molar-refractivity contribution in [1.29, 1.82) is 0 Å². The van der Waals surface area contributed by atoms with Crippen LogP contribution in [0.2, 0.25) is 0 Å². The van der Waals surface area contributed by atoms with Gasteiger partial charge in [0.25, 0.3) is 0 Å². The molecule has 1 fully saturated rings. The first kappa shape index (κ1) is 31.7. The van der Waals surface area contributed by atoms with E-state index in [1.807, 2.05) is 24.3 Å². The summed E-state index contributed by atoms with van der Waals surface area (Å²) < 4.78 is 117. The molecule has 0 atom stereocenters. The van der Waals surface area contributed by atoms with Crippen LogP contribution in [-0.4, -0.2) is 19.3 Å². The highest BCUT2D eigenvalue weighted by atomic mass is 19.3. The Bertz CT molecular complexity index is 1580. The first-order chi connectivity index (χ1) is 21.1. The van der Waals surface area contributed by atoms with Gasteiger partial charge in [-0.05, 0) is 65.4 Å². The fourth-order valence-corrected chi connectivity index (χ4v) is 5.05. The van der Waals surface area contributed by atoms with Gasteiger partial charge in [0.15, 0.2) is 17.9 Å². The van der Waals surface area contributed by atoms with Gasteiger partial charge in [-0.15, -0.1) is 0 Å². The number of hydrogen-bond donors (Lipinski definition) is 0. The SMILES string of the molecule is CCCCCc1ccc(-c2ccc(-c3cc(F)c(C(F)(F)OC4COC(c5ccc(F)c(F)c5)OC4)c(F)c3)c(F)c2)cc1. The molecule has 1 aliphatic heterocycles. The third-order valence-electron chi connectivity index (χ3n) is 7.37. The predicted molar refractivity (Wildman–Crippen MR) is 150 cm³/mol. The van der Waals surface area contributed by atoms with Crippen molar-refractivity contribution in [3.05, 3.63) is 119 Å². The van der Waals surface area contributed by atoms with Crippen LogP contribution >= 0.6 is 0 Å². The molecule has 1 heterocycles. The zero-order valence-electron chi connectivity index (χ0n) is 23.7. The molecular formula is C34H29F7O3. The van der Waals surface area contributed by atoms with E-state index in [0.717, 1.165) is 43.4 Å². The van der Waals surface area contributed by atoms with Crippen molar-refractivity contribution in [1.82, 2.24) is 0 Å². The molecule has 0 aliphatic carbocycles. The molecule has 3 nitrogen and oxygen atoms in total. The van der Waals surface area contributed by atoms with Gasteiger partial charge >= 0.3 is 6.11 Å². The zero-order chi connectivity index (χ0) is 31.4. The highest BCUT2D eigenvalue weighted by Crippen LogP contribution is 2.39. The number of halogens is 7. The summed E-state index contributed by atoms with van der Waals surface area (Å²) in [5.41, 5.74) is 0.487. The van der Waals surface area contributed by atoms with E-state index in [4.69, 9.17) is 9.47 Å². The molecule has 10 heteroatoms. The monoisotopic (exact) mass is 618 g/mol. The third kappa shape index (κ3) is 7.14. The summed E-state index contributed by atoms with van der Waals surface area (Å²) >= 11 is 0. The molecule has 0 aromatic heterocycles. The molecule has 0 unspecified atom stereocenters. The van der Waals surface area contributed by atoms with Crippen LogP contribution in [0, 0.1) is 29.1 Å². The largest absolute Gasteiger partial charge is 0.389 e. The lowest BCUT2D eigenvalue weighted by atomic mass is 9.97. The molecule has 0 N–H and O–H groups in total. The van der Waals surface area contributed by atoms with Gasteiger partial charge < -0.3 is 14.2 Å². The van der Waals surface area contributed by atoms with Gasteiger partial charge in [0.2, 0.25) is 0 Å². The van der Waals surface area contributed by atoms with Crippen LogP contribution in [0.1, 0.15) is 49.2 Å². The summed E-state index contributed by atoms with van der Waals surface area (Å²) in [5, 5.41) is 0. The van der Waals surface area contributed by atoms with Crippen LogP contribution in [0.4, 0.5) is 30.7 Å². The summed E-state index contributed by atoms with van der Waals surface area (Å²) in [7, 11) is 0. The molecule has 0 spiro atoms. The quantitative estimate of drug-likeness (QED) is 0.131. The maximum absolute atomic E-state index is 15.1. The van der Waals surface area contributed by atoms with Crippen LogP contribution in [0.25, 0.3) is 22.3 Å². The van der Waals surface area contributed by atoms with E-state index >= 15 is 4.39 Å². The standard InChI is InChI=1S/C34H29F7O3/c1-2-3-4-5-20-6-8-21(9-7-20)22-10-12-26(28(36)14-22)24-16-30(38)32(31(39)17-24)34(40,41)44-25-18-42-33(43-19-25)23-11-13-27(35)29(37)15-23/h6-17,25,33H,2-5,18-19H2,1H3. The summed E-state index contributed by atoms with van der Waals surface area (Å²) in [6.45, 7) is 1.16. The van der Waals surface area contributed by atoms with Crippen molar-refractivity contribution < 1.29 is 44.9 Å². The molecule has 4 aromatic rings. The Labute approximate surface area is 250 Å². The molecule has 0 saturated carbocycles. The average molecular weight is 619 g/mol. The van der Waals surface area contributed by atoms with Crippen molar-refractivity contribution in [3.63, 3.8) is 0 Å². The van der Waals surface area contributed by atoms with E-state index in [9.17, 15) is 26.3 Å². The van der Waals surface area contributed by atoms with Gasteiger partial charge in [-0.3, -0.25) is 0 Å². The molecule has 44 heavy (non-hydrogen) atoms. The van der Waals surface area contributed by atoms with Crippen LogP contribution in [0.15, 0.2) is 72.8 Å². The smallest absolute Gasteiger partial charge is 0.346 e. The van der Waals surface area contributed by atoms with E-state index in [1.54, 1.807) is 6.07 Å². The number of aryl methyl sites for hydroxylation is 1. The normalized spacial score (nSPS) is 17.2. The van der Waals surface area contributed by atoms with Gasteiger partial charge in [-0.1, -0.05) is 62.2 Å². The van der Waals surface area contributed by atoms with E-state index in [-0.39, 0.29) is 16.7 Å². The fourth-order valence-electron chi connectivity index (χ4n) is 5.05. The zero-order valence-corrected chi connectivity index (χ0v) is 23.7. The van der Waals surface area contributed by atoms with E-state index in [0.29, 0.717) is 17.7 Å². The summed E-state index contributed by atoms with van der Waals surface area (Å²) in [4.78, 5) is 0.